The fourth-order valence-electron chi connectivity index (χ4n) is 7.78. The lowest BCUT2D eigenvalue weighted by Crippen LogP contribution is -2.50. The number of nitrogens with one attached hydrogen (secondary N) is 2. The van der Waals surface area contributed by atoms with Crippen molar-refractivity contribution in [3.05, 3.63) is 97.1 Å². The van der Waals surface area contributed by atoms with Crippen LogP contribution in [0, 0.1) is 0 Å². The van der Waals surface area contributed by atoms with Crippen LogP contribution in [-0.2, 0) is 31.9 Å². The van der Waals surface area contributed by atoms with Crippen molar-refractivity contribution >= 4 is 70.7 Å². The van der Waals surface area contributed by atoms with Crippen LogP contribution in [0.4, 0.5) is 11.6 Å². The summed E-state index contributed by atoms with van der Waals surface area (Å²) >= 11 is 0. The zero-order valence-electron chi connectivity index (χ0n) is 40.8. The monoisotopic (exact) mass is 1020 g/mol. The lowest BCUT2D eigenvalue weighted by Gasteiger charge is -2.41. The second-order valence-corrected chi connectivity index (χ2v) is 30.8. The Morgan fingerprint density at radius 3 is 1.33 bits per heavy atom. The number of hydrogen-bond acceptors (Lipinski definition) is 17. The average Bonchev–Trinajstić information content (AvgIpc) is 4.10. The largest absolute Gasteiger partial charge is 0.408 e. The number of hydrogen-bond donors (Lipinski definition) is 4. The van der Waals surface area contributed by atoms with E-state index in [-0.39, 0.29) is 44.0 Å². The van der Waals surface area contributed by atoms with E-state index in [2.05, 4.69) is 82.1 Å². The smallest absolute Gasteiger partial charge is 0.320 e. The van der Waals surface area contributed by atoms with E-state index in [1.54, 1.807) is 69.8 Å². The highest BCUT2D eigenvalue weighted by Crippen LogP contribution is 2.49. The lowest BCUT2D eigenvalue weighted by molar-refractivity contribution is -0.0543. The van der Waals surface area contributed by atoms with Gasteiger partial charge in [-0.05, 0) is 60.5 Å². The molecule has 0 bridgehead atoms. The second kappa shape index (κ2) is 20.1. The van der Waals surface area contributed by atoms with Gasteiger partial charge in [-0.1, -0.05) is 77.9 Å². The van der Waals surface area contributed by atoms with Gasteiger partial charge in [-0.3, -0.25) is 32.3 Å². The van der Waals surface area contributed by atoms with Crippen LogP contribution in [-0.4, -0.2) is 128 Å². The minimum Gasteiger partial charge on any atom is -0.408 e. The quantitative estimate of drug-likeness (QED) is 0.0568. The highest BCUT2D eigenvalue weighted by atomic mass is 31.1. The van der Waals surface area contributed by atoms with Gasteiger partial charge in [0.2, 0.25) is 0 Å². The van der Waals surface area contributed by atoms with Crippen LogP contribution in [0.3, 0.4) is 0 Å². The molecule has 374 valence electrons. The number of carbonyl (C=O) groups is 2. The first-order chi connectivity index (χ1) is 33.1. The van der Waals surface area contributed by atoms with E-state index in [1.165, 1.54) is 25.3 Å². The number of imidazole rings is 2. The Balaban J connectivity index is 1.16. The zero-order valence-corrected chi connectivity index (χ0v) is 43.8. The predicted molar refractivity (Wildman–Crippen MR) is 264 cm³/mol. The minimum atomic E-state index is -3.67. The van der Waals surface area contributed by atoms with E-state index in [1.807, 2.05) is 26.2 Å². The Bertz CT molecular complexity index is 2650. The van der Waals surface area contributed by atoms with Crippen molar-refractivity contribution in [2.24, 2.45) is 0 Å². The highest BCUT2D eigenvalue weighted by molar-refractivity contribution is 7.33. The Morgan fingerprint density at radius 1 is 0.614 bits per heavy atom. The SMILES string of the molecule is CC(C)(C)[Si](C)(C)O[C@H]1[C@@H](O[PH](=O)O[C@@H]2[C@H](O[Si](C)(C)C(C)(C)C)[C@@H](CO)O[C@H]2n2cnc3c(NC(=O)c4ccccc4)ncnc32)[C@H](n2cnc3c(NC(=O)c4ccccc4)ncnc32)O[C@@H]1CO. The summed E-state index contributed by atoms with van der Waals surface area (Å²) in [5.74, 6) is -0.543. The maximum absolute atomic E-state index is 15.0. The third-order valence-electron chi connectivity index (χ3n) is 13.7. The molecule has 6 aromatic rings. The fourth-order valence-corrected chi connectivity index (χ4v) is 11.4. The van der Waals surface area contributed by atoms with Crippen molar-refractivity contribution in [2.45, 2.75) is 127 Å². The molecule has 70 heavy (non-hydrogen) atoms. The van der Waals surface area contributed by atoms with E-state index < -0.39 is 99.0 Å². The van der Waals surface area contributed by atoms with Crippen molar-refractivity contribution in [2.75, 3.05) is 23.8 Å². The topological polar surface area (TPSA) is 258 Å². The third-order valence-corrected chi connectivity index (χ3v) is 23.5. The number of carbonyl (C=O) groups excluding carboxylic acids is 2. The first-order valence-corrected chi connectivity index (χ1v) is 30.0. The summed E-state index contributed by atoms with van der Waals surface area (Å²) in [6.07, 6.45) is -3.20. The molecule has 0 spiro atoms. The van der Waals surface area contributed by atoms with Crippen LogP contribution < -0.4 is 10.6 Å². The molecular formula is C46H61N10O11PSi2. The van der Waals surface area contributed by atoms with Crippen molar-refractivity contribution in [3.63, 3.8) is 0 Å². The Kier molecular flexibility index (Phi) is 14.7. The number of fused-ring (bicyclic) bond motifs is 2. The van der Waals surface area contributed by atoms with Gasteiger partial charge in [0.15, 0.2) is 63.1 Å². The number of aromatic nitrogens is 8. The zero-order chi connectivity index (χ0) is 50.3. The van der Waals surface area contributed by atoms with Crippen LogP contribution in [0.2, 0.25) is 36.3 Å². The maximum Gasteiger partial charge on any atom is 0.320 e. The van der Waals surface area contributed by atoms with Crippen molar-refractivity contribution in [1.82, 2.24) is 39.0 Å². The van der Waals surface area contributed by atoms with Crippen LogP contribution in [0.5, 0.6) is 0 Å². The molecule has 2 fully saturated rings. The lowest BCUT2D eigenvalue weighted by atomic mass is 10.1. The van der Waals surface area contributed by atoms with Gasteiger partial charge in [0.05, 0.1) is 25.9 Å². The molecule has 8 atom stereocenters. The molecule has 8 rings (SSSR count). The number of amides is 2. The molecule has 24 heteroatoms. The summed E-state index contributed by atoms with van der Waals surface area (Å²) in [4.78, 5) is 53.3. The van der Waals surface area contributed by atoms with Gasteiger partial charge in [0.25, 0.3) is 11.8 Å². The van der Waals surface area contributed by atoms with Gasteiger partial charge < -0.3 is 39.2 Å². The van der Waals surface area contributed by atoms with Crippen LogP contribution in [0.1, 0.15) is 74.7 Å². The van der Waals surface area contributed by atoms with Crippen molar-refractivity contribution in [3.8, 4) is 0 Å². The summed E-state index contributed by atoms with van der Waals surface area (Å²) in [6.45, 7) is 19.6. The predicted octanol–water partition coefficient (Wildman–Crippen LogP) is 6.89. The molecule has 2 saturated heterocycles. The van der Waals surface area contributed by atoms with Gasteiger partial charge >= 0.3 is 8.25 Å². The van der Waals surface area contributed by atoms with E-state index in [4.69, 9.17) is 27.4 Å². The Labute approximate surface area is 407 Å². The minimum absolute atomic E-state index is 0.138. The van der Waals surface area contributed by atoms with Gasteiger partial charge in [0.1, 0.15) is 49.3 Å². The summed E-state index contributed by atoms with van der Waals surface area (Å²) in [5.41, 5.74) is 1.77. The maximum atomic E-state index is 15.0. The number of rotatable bonds is 16. The molecule has 2 aromatic carbocycles. The van der Waals surface area contributed by atoms with E-state index in [0.717, 1.165) is 0 Å². The normalized spacial score (nSPS) is 23.8. The number of ether oxygens (including phenoxy) is 2. The molecule has 0 unspecified atom stereocenters. The van der Waals surface area contributed by atoms with Gasteiger partial charge in [-0.25, -0.2) is 29.9 Å². The fraction of sp³-hybridized carbons (Fsp3) is 0.478. The van der Waals surface area contributed by atoms with Crippen LogP contribution >= 0.6 is 8.25 Å². The Morgan fingerprint density at radius 2 is 0.986 bits per heavy atom. The molecule has 0 saturated carbocycles. The Hall–Kier alpha value is -5.18. The van der Waals surface area contributed by atoms with Crippen molar-refractivity contribution < 1.29 is 51.7 Å². The molecule has 2 aliphatic rings. The molecule has 2 amide bonds. The van der Waals surface area contributed by atoms with Gasteiger partial charge in [0, 0.05) is 11.1 Å². The molecule has 0 aliphatic carbocycles. The number of nitrogens with zero attached hydrogens (tertiary/aromatic N) is 8. The van der Waals surface area contributed by atoms with Gasteiger partial charge in [-0.2, -0.15) is 0 Å². The standard InChI is InChI=1S/C46H61N10O11PSi2/c1-45(2,3)69(7,8)66-33-29(21-57)62-43(55-25-51-31-37(47-23-49-39(31)55)53-41(59)27-17-13-11-14-18-27)35(33)64-68(61)65-36-34(67-70(9,10)46(4,5)6)30(22-58)63-44(36)56-26-52-32-38(48-24-50-40(32)56)54-42(60)28-19-15-12-16-20-28/h11-20,23-26,29-30,33-36,43-44,57-58,68H,21-22H2,1-10H3,(H,47,49,53,59)(H,48,50,54,60)/t29-,30-,33-,34-,35-,36-,43-,44-/m1/s1. The molecule has 2 aliphatic heterocycles. The molecular weight excluding hydrogens is 956 g/mol. The number of anilines is 2. The summed E-state index contributed by atoms with van der Waals surface area (Å²) in [7, 11) is -9.02. The summed E-state index contributed by atoms with van der Waals surface area (Å²) in [5, 5.41) is 26.8. The highest BCUT2D eigenvalue weighted by Gasteiger charge is 2.55. The first-order valence-electron chi connectivity index (χ1n) is 23.0. The number of aliphatic hydroxyl groups is 2. The molecule has 4 aromatic heterocycles. The van der Waals surface area contributed by atoms with E-state index >= 15 is 0 Å². The third kappa shape index (κ3) is 10.3. The van der Waals surface area contributed by atoms with E-state index in [0.29, 0.717) is 11.1 Å². The van der Waals surface area contributed by atoms with Crippen molar-refractivity contribution in [1.29, 1.82) is 0 Å². The molecule has 0 radical (unpaired) electrons. The molecule has 21 nitrogen and oxygen atoms in total. The summed E-state index contributed by atoms with van der Waals surface area (Å²) in [6, 6.07) is 17.3. The van der Waals surface area contributed by atoms with Gasteiger partial charge in [-0.15, -0.1) is 0 Å². The first kappa shape index (κ1) is 51.2. The van der Waals surface area contributed by atoms with E-state index in [9.17, 15) is 24.4 Å². The van der Waals surface area contributed by atoms with Crippen LogP contribution in [0.25, 0.3) is 22.3 Å². The number of benzene rings is 2. The second-order valence-electron chi connectivity index (χ2n) is 20.3. The number of aliphatic hydroxyl groups excluding tert-OH is 2. The molecule has 6 heterocycles. The average molecular weight is 1020 g/mol. The van der Waals surface area contributed by atoms with Crippen LogP contribution in [0.15, 0.2) is 86.0 Å². The summed E-state index contributed by atoms with van der Waals surface area (Å²) < 4.78 is 58.2. The molecule has 4 N–H and O–H groups in total.